The molecule has 0 spiro atoms. The third kappa shape index (κ3) is 4.46. The molecule has 0 bridgehead atoms. The first kappa shape index (κ1) is 20.6. The van der Waals surface area contributed by atoms with Crippen LogP contribution in [0.2, 0.25) is 0 Å². The van der Waals surface area contributed by atoms with Gasteiger partial charge in [0.05, 0.1) is 32.2 Å². The number of nitrogens with zero attached hydrogens (tertiary/aromatic N) is 3. The molecule has 8 nitrogen and oxygen atoms in total. The fourth-order valence-electron chi connectivity index (χ4n) is 3.61. The zero-order valence-corrected chi connectivity index (χ0v) is 16.7. The highest BCUT2D eigenvalue weighted by Gasteiger charge is 2.37. The molecule has 0 saturated heterocycles. The quantitative estimate of drug-likeness (QED) is 0.728. The number of hydrogen-bond acceptors (Lipinski definition) is 5. The molecule has 3 rings (SSSR count). The summed E-state index contributed by atoms with van der Waals surface area (Å²) >= 11 is 0. The fourth-order valence-corrected chi connectivity index (χ4v) is 3.61. The van der Waals surface area contributed by atoms with Crippen LogP contribution in [0.4, 0.5) is 5.82 Å². The average molecular weight is 395 g/mol. The number of carbonyl (C=O) groups excluding carboxylic acids is 2. The average Bonchev–Trinajstić information content (AvgIpc) is 3.09. The Bertz CT molecular complexity index is 946. The van der Waals surface area contributed by atoms with Crippen LogP contribution in [0.5, 0.6) is 0 Å². The Hall–Kier alpha value is -3.18. The first-order chi connectivity index (χ1) is 14.0. The first-order valence-electron chi connectivity index (χ1n) is 9.72. The summed E-state index contributed by atoms with van der Waals surface area (Å²) in [5, 5.41) is 18.1. The van der Waals surface area contributed by atoms with Gasteiger partial charge in [0.1, 0.15) is 5.60 Å². The predicted octanol–water partition coefficient (Wildman–Crippen LogP) is 2.04. The Morgan fingerprint density at radius 2 is 2.14 bits per heavy atom. The SMILES string of the molecule is CCC1(CNC(=O)C(=O)Nc2cc(C)n(CCC#N)n2)OCCc2ccccc21. The molecule has 0 saturated carbocycles. The van der Waals surface area contributed by atoms with Crippen LogP contribution in [0.1, 0.15) is 36.6 Å². The molecule has 0 fully saturated rings. The molecular formula is C21H25N5O3. The van der Waals surface area contributed by atoms with E-state index in [1.807, 2.05) is 32.0 Å². The number of ether oxygens (including phenoxy) is 1. The van der Waals surface area contributed by atoms with Crippen LogP contribution in [-0.4, -0.2) is 34.7 Å². The molecule has 1 atom stereocenters. The monoisotopic (exact) mass is 395 g/mol. The Kier molecular flexibility index (Phi) is 6.29. The van der Waals surface area contributed by atoms with Gasteiger partial charge in [0.25, 0.3) is 0 Å². The number of amides is 2. The maximum absolute atomic E-state index is 12.4. The minimum absolute atomic E-state index is 0.211. The van der Waals surface area contributed by atoms with Gasteiger partial charge in [0.15, 0.2) is 5.82 Å². The van der Waals surface area contributed by atoms with Gasteiger partial charge >= 0.3 is 11.8 Å². The highest BCUT2D eigenvalue weighted by Crippen LogP contribution is 2.35. The third-order valence-electron chi connectivity index (χ3n) is 5.23. The van der Waals surface area contributed by atoms with Crippen molar-refractivity contribution >= 4 is 17.6 Å². The maximum Gasteiger partial charge on any atom is 0.314 e. The molecule has 8 heteroatoms. The fraction of sp³-hybridized carbons (Fsp3) is 0.429. The number of nitrogens with one attached hydrogen (secondary N) is 2. The molecule has 152 valence electrons. The molecule has 1 unspecified atom stereocenters. The third-order valence-corrected chi connectivity index (χ3v) is 5.23. The summed E-state index contributed by atoms with van der Waals surface area (Å²) in [6.07, 6.45) is 1.82. The number of aryl methyl sites for hydroxylation is 2. The topological polar surface area (TPSA) is 109 Å². The standard InChI is InChI=1S/C21H25N5O3/c1-3-21(17-8-5-4-7-16(17)9-12-29-21)14-23-19(27)20(28)24-18-13-15(2)26(25-18)11-6-10-22/h4-5,7-8,13H,3,6,9,11-12,14H2,1-2H3,(H,23,27)(H,24,25,28). The van der Waals surface area contributed by atoms with E-state index in [1.54, 1.807) is 10.7 Å². The van der Waals surface area contributed by atoms with Gasteiger partial charge in [-0.15, -0.1) is 0 Å². The summed E-state index contributed by atoms with van der Waals surface area (Å²) in [6.45, 7) is 5.04. The van der Waals surface area contributed by atoms with Gasteiger partial charge < -0.3 is 15.4 Å². The van der Waals surface area contributed by atoms with Crippen LogP contribution < -0.4 is 10.6 Å². The minimum Gasteiger partial charge on any atom is -0.368 e. The number of rotatable bonds is 6. The number of hydrogen-bond donors (Lipinski definition) is 2. The lowest BCUT2D eigenvalue weighted by molar-refractivity contribution is -0.137. The summed E-state index contributed by atoms with van der Waals surface area (Å²) < 4.78 is 7.68. The van der Waals surface area contributed by atoms with E-state index in [4.69, 9.17) is 10.00 Å². The Balaban J connectivity index is 1.63. The van der Waals surface area contributed by atoms with Crippen LogP contribution >= 0.6 is 0 Å². The highest BCUT2D eigenvalue weighted by atomic mass is 16.5. The molecular weight excluding hydrogens is 370 g/mol. The van der Waals surface area contributed by atoms with Crippen LogP contribution in [0.25, 0.3) is 0 Å². The molecule has 1 aromatic carbocycles. The molecule has 0 radical (unpaired) electrons. The van der Waals surface area contributed by atoms with Crippen molar-refractivity contribution in [2.75, 3.05) is 18.5 Å². The maximum atomic E-state index is 12.4. The summed E-state index contributed by atoms with van der Waals surface area (Å²) in [7, 11) is 0. The predicted molar refractivity (Wildman–Crippen MR) is 107 cm³/mol. The van der Waals surface area contributed by atoms with E-state index in [0.717, 1.165) is 17.7 Å². The molecule has 2 N–H and O–H groups in total. The number of aromatic nitrogens is 2. The van der Waals surface area contributed by atoms with Gasteiger partial charge in [-0.05, 0) is 30.9 Å². The molecule has 1 aliphatic heterocycles. The molecule has 0 aliphatic carbocycles. The zero-order valence-electron chi connectivity index (χ0n) is 16.7. The summed E-state index contributed by atoms with van der Waals surface area (Å²) in [5.41, 5.74) is 2.42. The Morgan fingerprint density at radius 1 is 1.34 bits per heavy atom. The molecule has 2 heterocycles. The van der Waals surface area contributed by atoms with Crippen molar-refractivity contribution in [3.63, 3.8) is 0 Å². The van der Waals surface area contributed by atoms with Crippen molar-refractivity contribution in [2.45, 2.75) is 45.3 Å². The van der Waals surface area contributed by atoms with Crippen molar-refractivity contribution in [3.05, 3.63) is 47.2 Å². The van der Waals surface area contributed by atoms with Gasteiger partial charge in [0.2, 0.25) is 0 Å². The lowest BCUT2D eigenvalue weighted by Gasteiger charge is -2.38. The number of carbonyl (C=O) groups is 2. The molecule has 29 heavy (non-hydrogen) atoms. The van der Waals surface area contributed by atoms with Crippen LogP contribution in [-0.2, 0) is 32.9 Å². The van der Waals surface area contributed by atoms with Crippen LogP contribution in [0, 0.1) is 18.3 Å². The normalized spacial score (nSPS) is 17.8. The highest BCUT2D eigenvalue weighted by molar-refractivity contribution is 6.39. The second-order valence-electron chi connectivity index (χ2n) is 7.04. The smallest absolute Gasteiger partial charge is 0.314 e. The Labute approximate surface area is 169 Å². The van der Waals surface area contributed by atoms with Crippen molar-refractivity contribution in [1.29, 1.82) is 5.26 Å². The minimum atomic E-state index is -0.787. The van der Waals surface area contributed by atoms with E-state index in [0.29, 0.717) is 26.0 Å². The van der Waals surface area contributed by atoms with Gasteiger partial charge in [-0.1, -0.05) is 31.2 Å². The summed E-state index contributed by atoms with van der Waals surface area (Å²) in [4.78, 5) is 24.7. The molecule has 2 aromatic rings. The number of benzene rings is 1. The van der Waals surface area contributed by atoms with Gasteiger partial charge in [0, 0.05) is 11.8 Å². The second kappa shape index (κ2) is 8.88. The summed E-state index contributed by atoms with van der Waals surface area (Å²) in [6, 6.07) is 11.8. The molecule has 1 aliphatic rings. The largest absolute Gasteiger partial charge is 0.368 e. The van der Waals surface area contributed by atoms with Gasteiger partial charge in [-0.25, -0.2) is 0 Å². The lowest BCUT2D eigenvalue weighted by Crippen LogP contribution is -2.47. The molecule has 2 amide bonds. The number of nitriles is 1. The molecule has 1 aromatic heterocycles. The van der Waals surface area contributed by atoms with E-state index in [-0.39, 0.29) is 12.4 Å². The van der Waals surface area contributed by atoms with E-state index in [1.165, 1.54) is 5.56 Å². The van der Waals surface area contributed by atoms with E-state index in [2.05, 4.69) is 27.9 Å². The van der Waals surface area contributed by atoms with Crippen molar-refractivity contribution < 1.29 is 14.3 Å². The van der Waals surface area contributed by atoms with Crippen LogP contribution in [0.15, 0.2) is 30.3 Å². The second-order valence-corrected chi connectivity index (χ2v) is 7.04. The van der Waals surface area contributed by atoms with Crippen molar-refractivity contribution in [1.82, 2.24) is 15.1 Å². The lowest BCUT2D eigenvalue weighted by atomic mass is 9.84. The van der Waals surface area contributed by atoms with E-state index in [9.17, 15) is 9.59 Å². The van der Waals surface area contributed by atoms with Gasteiger partial charge in [-0.2, -0.15) is 10.4 Å². The number of fused-ring (bicyclic) bond motifs is 1. The van der Waals surface area contributed by atoms with E-state index >= 15 is 0 Å². The van der Waals surface area contributed by atoms with Crippen LogP contribution in [0.3, 0.4) is 0 Å². The first-order valence-corrected chi connectivity index (χ1v) is 9.72. The van der Waals surface area contributed by atoms with E-state index < -0.39 is 17.4 Å². The number of anilines is 1. The summed E-state index contributed by atoms with van der Waals surface area (Å²) in [5.74, 6) is -1.25. The Morgan fingerprint density at radius 3 is 2.90 bits per heavy atom. The zero-order chi connectivity index (χ0) is 20.9. The van der Waals surface area contributed by atoms with Crippen molar-refractivity contribution in [3.8, 4) is 6.07 Å². The van der Waals surface area contributed by atoms with Crippen molar-refractivity contribution in [2.24, 2.45) is 0 Å². The van der Waals surface area contributed by atoms with Gasteiger partial charge in [-0.3, -0.25) is 14.3 Å².